The number of aromatic nitrogens is 4. The summed E-state index contributed by atoms with van der Waals surface area (Å²) in [6, 6.07) is 16.0. The Morgan fingerprint density at radius 3 is 2.70 bits per heavy atom. The van der Waals surface area contributed by atoms with Crippen molar-refractivity contribution in [1.82, 2.24) is 19.7 Å². The Morgan fingerprint density at radius 2 is 1.94 bits per heavy atom. The Bertz CT molecular complexity index is 1310. The van der Waals surface area contributed by atoms with E-state index in [1.807, 2.05) is 67.8 Å². The lowest BCUT2D eigenvalue weighted by molar-refractivity contribution is -0.115. The van der Waals surface area contributed by atoms with Crippen molar-refractivity contribution in [2.75, 3.05) is 4.90 Å². The average Bonchev–Trinajstić information content (AvgIpc) is 3.41. The minimum Gasteiger partial charge on any atom is -0.274 e. The van der Waals surface area contributed by atoms with Crippen molar-refractivity contribution in [3.8, 4) is 0 Å². The SMILES string of the molecule is CC(=O)N(c1nc(CSc2n[nH]c(=O)n2CCc2ccccc2)cs1)c1cccc(C)c1C. The Hall–Kier alpha value is -3.17. The van der Waals surface area contributed by atoms with E-state index in [2.05, 4.69) is 10.2 Å². The second-order valence-corrected chi connectivity index (χ2v) is 9.46. The van der Waals surface area contributed by atoms with Crippen molar-refractivity contribution < 1.29 is 4.79 Å². The maximum absolute atomic E-state index is 12.5. The highest BCUT2D eigenvalue weighted by molar-refractivity contribution is 7.98. The first-order chi connectivity index (χ1) is 15.9. The summed E-state index contributed by atoms with van der Waals surface area (Å²) >= 11 is 2.88. The Labute approximate surface area is 200 Å². The van der Waals surface area contributed by atoms with Gasteiger partial charge in [0, 0.05) is 24.6 Å². The normalized spacial score (nSPS) is 11.0. The van der Waals surface area contributed by atoms with Crippen LogP contribution in [0.2, 0.25) is 0 Å². The van der Waals surface area contributed by atoms with Gasteiger partial charge < -0.3 is 0 Å². The van der Waals surface area contributed by atoms with Crippen molar-refractivity contribution >= 4 is 39.8 Å². The summed E-state index contributed by atoms with van der Waals surface area (Å²) in [7, 11) is 0. The van der Waals surface area contributed by atoms with Crippen LogP contribution in [0.1, 0.15) is 29.3 Å². The van der Waals surface area contributed by atoms with E-state index in [-0.39, 0.29) is 11.6 Å². The van der Waals surface area contributed by atoms with Crippen LogP contribution in [-0.4, -0.2) is 25.7 Å². The molecule has 1 amide bonds. The van der Waals surface area contributed by atoms with Crippen LogP contribution < -0.4 is 10.6 Å². The molecule has 0 aliphatic carbocycles. The zero-order valence-electron chi connectivity index (χ0n) is 18.7. The van der Waals surface area contributed by atoms with Gasteiger partial charge in [-0.3, -0.25) is 14.3 Å². The van der Waals surface area contributed by atoms with Gasteiger partial charge in [0.1, 0.15) is 0 Å². The molecule has 170 valence electrons. The molecule has 2 heterocycles. The van der Waals surface area contributed by atoms with Crippen LogP contribution in [0.3, 0.4) is 0 Å². The highest BCUT2D eigenvalue weighted by Gasteiger charge is 2.20. The molecular formula is C24H25N5O2S2. The number of hydrogen-bond donors (Lipinski definition) is 1. The number of H-pyrrole nitrogens is 1. The minimum atomic E-state index is -0.218. The lowest BCUT2D eigenvalue weighted by atomic mass is 10.1. The van der Waals surface area contributed by atoms with E-state index < -0.39 is 0 Å². The maximum atomic E-state index is 12.5. The van der Waals surface area contributed by atoms with E-state index in [1.54, 1.807) is 16.4 Å². The number of nitrogens with one attached hydrogen (secondary N) is 1. The molecule has 0 radical (unpaired) electrons. The molecule has 7 nitrogen and oxygen atoms in total. The third kappa shape index (κ3) is 5.26. The molecule has 2 aromatic heterocycles. The number of aryl methyl sites for hydroxylation is 2. The fourth-order valence-corrected chi connectivity index (χ4v) is 5.34. The van der Waals surface area contributed by atoms with Crippen LogP contribution in [-0.2, 0) is 23.5 Å². The van der Waals surface area contributed by atoms with Gasteiger partial charge in [-0.25, -0.2) is 14.9 Å². The zero-order valence-corrected chi connectivity index (χ0v) is 20.4. The lowest BCUT2D eigenvalue weighted by Gasteiger charge is -2.21. The van der Waals surface area contributed by atoms with Crippen LogP contribution in [0.25, 0.3) is 0 Å². The fourth-order valence-electron chi connectivity index (χ4n) is 3.49. The van der Waals surface area contributed by atoms with E-state index in [0.29, 0.717) is 22.6 Å². The van der Waals surface area contributed by atoms with Crippen LogP contribution >= 0.6 is 23.1 Å². The zero-order chi connectivity index (χ0) is 23.4. The second kappa shape index (κ2) is 10.2. The molecular weight excluding hydrogens is 454 g/mol. The van der Waals surface area contributed by atoms with Gasteiger partial charge in [0.25, 0.3) is 0 Å². The first-order valence-electron chi connectivity index (χ1n) is 10.6. The van der Waals surface area contributed by atoms with Crippen LogP contribution in [0.4, 0.5) is 10.8 Å². The van der Waals surface area contributed by atoms with Crippen LogP contribution in [0.15, 0.2) is 63.9 Å². The third-order valence-corrected chi connectivity index (χ3v) is 7.29. The summed E-state index contributed by atoms with van der Waals surface area (Å²) in [5.74, 6) is 0.462. The fraction of sp³-hybridized carbons (Fsp3) is 0.250. The van der Waals surface area contributed by atoms with E-state index in [1.165, 1.54) is 28.7 Å². The summed E-state index contributed by atoms with van der Waals surface area (Å²) in [6.07, 6.45) is 0.748. The first-order valence-corrected chi connectivity index (χ1v) is 12.4. The van der Waals surface area contributed by atoms with Crippen molar-refractivity contribution in [2.45, 2.75) is 44.6 Å². The largest absolute Gasteiger partial charge is 0.343 e. The van der Waals surface area contributed by atoms with Crippen LogP contribution in [0.5, 0.6) is 0 Å². The molecule has 1 N–H and O–H groups in total. The molecule has 0 spiro atoms. The number of thiazole rings is 1. The van der Waals surface area contributed by atoms with Crippen molar-refractivity contribution in [2.24, 2.45) is 0 Å². The van der Waals surface area contributed by atoms with Crippen molar-refractivity contribution in [3.63, 3.8) is 0 Å². The van der Waals surface area contributed by atoms with Crippen LogP contribution in [0, 0.1) is 13.8 Å². The van der Waals surface area contributed by atoms with Crippen molar-refractivity contribution in [3.05, 3.63) is 86.8 Å². The van der Waals surface area contributed by atoms with Gasteiger partial charge >= 0.3 is 5.69 Å². The monoisotopic (exact) mass is 479 g/mol. The van der Waals surface area contributed by atoms with Crippen molar-refractivity contribution in [1.29, 1.82) is 0 Å². The molecule has 0 aliphatic rings. The van der Waals surface area contributed by atoms with E-state index >= 15 is 0 Å². The molecule has 33 heavy (non-hydrogen) atoms. The summed E-state index contributed by atoms with van der Waals surface area (Å²) < 4.78 is 1.66. The molecule has 4 aromatic rings. The average molecular weight is 480 g/mol. The molecule has 0 saturated carbocycles. The predicted molar refractivity (Wildman–Crippen MR) is 133 cm³/mol. The topological polar surface area (TPSA) is 83.9 Å². The first kappa shape index (κ1) is 23.0. The van der Waals surface area contributed by atoms with E-state index in [4.69, 9.17) is 4.98 Å². The summed E-state index contributed by atoms with van der Waals surface area (Å²) in [6.45, 7) is 6.14. The number of anilines is 2. The van der Waals surface area contributed by atoms with E-state index in [9.17, 15) is 9.59 Å². The van der Waals surface area contributed by atoms with Gasteiger partial charge in [0.2, 0.25) is 5.91 Å². The van der Waals surface area contributed by atoms with Gasteiger partial charge in [0.05, 0.1) is 11.4 Å². The molecule has 0 atom stereocenters. The number of aromatic amines is 1. The van der Waals surface area contributed by atoms with E-state index in [0.717, 1.165) is 28.9 Å². The number of benzene rings is 2. The number of carbonyl (C=O) groups is 1. The van der Waals surface area contributed by atoms with Gasteiger partial charge in [-0.1, -0.05) is 54.2 Å². The van der Waals surface area contributed by atoms with Gasteiger partial charge in [-0.15, -0.1) is 16.4 Å². The van der Waals surface area contributed by atoms with Gasteiger partial charge in [0.15, 0.2) is 10.3 Å². The Kier molecular flexibility index (Phi) is 7.10. The number of amides is 1. The summed E-state index contributed by atoms with van der Waals surface area (Å²) in [5, 5.41) is 9.94. The number of hydrogen-bond acceptors (Lipinski definition) is 6. The molecule has 0 saturated heterocycles. The van der Waals surface area contributed by atoms with Gasteiger partial charge in [-0.2, -0.15) is 0 Å². The smallest absolute Gasteiger partial charge is 0.274 e. The summed E-state index contributed by atoms with van der Waals surface area (Å²) in [5.41, 5.74) is 4.81. The molecule has 0 fully saturated rings. The lowest BCUT2D eigenvalue weighted by Crippen LogP contribution is -2.23. The Morgan fingerprint density at radius 1 is 1.15 bits per heavy atom. The Balaban J connectivity index is 1.48. The quantitative estimate of drug-likeness (QED) is 0.365. The highest BCUT2D eigenvalue weighted by Crippen LogP contribution is 2.33. The molecule has 9 heteroatoms. The summed E-state index contributed by atoms with van der Waals surface area (Å²) in [4.78, 5) is 31.1. The minimum absolute atomic E-state index is 0.0840. The highest BCUT2D eigenvalue weighted by atomic mass is 32.2. The second-order valence-electron chi connectivity index (χ2n) is 7.68. The molecule has 0 aliphatic heterocycles. The number of rotatable bonds is 8. The molecule has 4 rings (SSSR count). The third-order valence-electron chi connectivity index (χ3n) is 5.40. The number of thioether (sulfide) groups is 1. The maximum Gasteiger partial charge on any atom is 0.343 e. The standard InChI is InChI=1S/C24H25N5O2S2/c1-16-8-7-11-21(17(16)2)29(18(3)30)23-25-20(14-32-23)15-33-24-27-26-22(31)28(24)13-12-19-9-5-4-6-10-19/h4-11,14H,12-13,15H2,1-3H3,(H,26,31). The number of nitrogens with zero attached hydrogens (tertiary/aromatic N) is 4. The van der Waals surface area contributed by atoms with Gasteiger partial charge in [-0.05, 0) is 43.0 Å². The number of carbonyl (C=O) groups excluding carboxylic acids is 1. The predicted octanol–water partition coefficient (Wildman–Crippen LogP) is 4.86. The molecule has 0 unspecified atom stereocenters. The molecule has 0 bridgehead atoms. The molecule has 2 aromatic carbocycles.